The molecule has 0 aliphatic heterocycles. The first-order valence-electron chi connectivity index (χ1n) is 4.04. The van der Waals surface area contributed by atoms with Crippen LogP contribution in [0, 0.1) is 6.92 Å². The molecular formula is C9H6ClF5O. The van der Waals surface area contributed by atoms with E-state index in [4.69, 9.17) is 11.6 Å². The molecule has 0 amide bonds. The molecule has 0 unspecified atom stereocenters. The second kappa shape index (κ2) is 4.45. The Balaban J connectivity index is 3.17. The highest BCUT2D eigenvalue weighted by atomic mass is 35.5. The van der Waals surface area contributed by atoms with Crippen molar-refractivity contribution in [3.8, 4) is 5.75 Å². The lowest BCUT2D eigenvalue weighted by Crippen LogP contribution is -2.08. The molecule has 0 aliphatic rings. The number of hydrogen-bond donors (Lipinski definition) is 0. The summed E-state index contributed by atoms with van der Waals surface area (Å²) in [5.74, 6) is -0.368. The number of hydrogen-bond acceptors (Lipinski definition) is 1. The summed E-state index contributed by atoms with van der Waals surface area (Å²) >= 11 is 5.32. The van der Waals surface area contributed by atoms with Crippen molar-refractivity contribution in [3.63, 3.8) is 0 Å². The van der Waals surface area contributed by atoms with E-state index in [-0.39, 0.29) is 11.3 Å². The molecule has 0 radical (unpaired) electrons. The Hall–Kier alpha value is -1.04. The maximum Gasteiger partial charge on any atom is 0.417 e. The van der Waals surface area contributed by atoms with Crippen LogP contribution in [0.1, 0.15) is 11.1 Å². The Morgan fingerprint density at radius 3 is 2.25 bits per heavy atom. The zero-order valence-corrected chi connectivity index (χ0v) is 8.66. The summed E-state index contributed by atoms with van der Waals surface area (Å²) in [4.78, 5) is 0. The van der Waals surface area contributed by atoms with Gasteiger partial charge in [0.25, 0.3) is 0 Å². The van der Waals surface area contributed by atoms with Crippen molar-refractivity contribution in [1.82, 2.24) is 0 Å². The molecule has 0 heterocycles. The van der Waals surface area contributed by atoms with Gasteiger partial charge in [-0.1, -0.05) is 11.6 Å². The van der Waals surface area contributed by atoms with Crippen LogP contribution in [0.15, 0.2) is 12.1 Å². The Morgan fingerprint density at radius 1 is 1.25 bits per heavy atom. The molecule has 0 N–H and O–H groups in total. The van der Waals surface area contributed by atoms with E-state index in [1.54, 1.807) is 0 Å². The van der Waals surface area contributed by atoms with Gasteiger partial charge in [0.1, 0.15) is 5.75 Å². The zero-order valence-electron chi connectivity index (χ0n) is 7.91. The predicted octanol–water partition coefficient (Wildman–Crippen LogP) is 4.27. The molecule has 1 rings (SSSR count). The minimum absolute atomic E-state index is 0.0583. The number of alkyl halides is 5. The summed E-state index contributed by atoms with van der Waals surface area (Å²) in [7, 11) is 0. The summed E-state index contributed by atoms with van der Waals surface area (Å²) in [6.45, 7) is -1.88. The Bertz CT molecular complexity index is 388. The Labute approximate surface area is 92.8 Å². The van der Waals surface area contributed by atoms with Gasteiger partial charge in [0.05, 0.1) is 10.6 Å². The second-order valence-corrected chi connectivity index (χ2v) is 3.38. The van der Waals surface area contributed by atoms with Crippen LogP contribution in [-0.2, 0) is 6.18 Å². The topological polar surface area (TPSA) is 9.23 Å². The SMILES string of the molecule is Cc1cc(C(F)(F)F)c(Cl)cc1OC(F)F. The highest BCUT2D eigenvalue weighted by Crippen LogP contribution is 2.38. The molecule has 0 aromatic heterocycles. The third kappa shape index (κ3) is 2.98. The highest BCUT2D eigenvalue weighted by molar-refractivity contribution is 6.31. The normalized spacial score (nSPS) is 12.0. The van der Waals surface area contributed by atoms with Crippen LogP contribution in [0.2, 0.25) is 5.02 Å². The average Bonchev–Trinajstić information content (AvgIpc) is 2.07. The fourth-order valence-corrected chi connectivity index (χ4v) is 1.36. The van der Waals surface area contributed by atoms with Crippen LogP contribution in [0.5, 0.6) is 5.75 Å². The third-order valence-corrected chi connectivity index (χ3v) is 2.10. The average molecular weight is 261 g/mol. The maximum absolute atomic E-state index is 12.3. The summed E-state index contributed by atoms with van der Waals surface area (Å²) in [5, 5.41) is -0.672. The van der Waals surface area contributed by atoms with Crippen molar-refractivity contribution in [1.29, 1.82) is 0 Å². The van der Waals surface area contributed by atoms with Gasteiger partial charge >= 0.3 is 12.8 Å². The molecule has 1 aromatic carbocycles. The molecule has 7 heteroatoms. The lowest BCUT2D eigenvalue weighted by atomic mass is 10.1. The molecule has 0 atom stereocenters. The molecule has 0 aliphatic carbocycles. The van der Waals surface area contributed by atoms with Crippen molar-refractivity contribution in [2.45, 2.75) is 19.7 Å². The van der Waals surface area contributed by atoms with Gasteiger partial charge in [-0.15, -0.1) is 0 Å². The molecular weight excluding hydrogens is 255 g/mol. The zero-order chi connectivity index (χ0) is 12.5. The van der Waals surface area contributed by atoms with Gasteiger partial charge in [-0.25, -0.2) is 0 Å². The fourth-order valence-electron chi connectivity index (χ4n) is 1.10. The summed E-state index contributed by atoms with van der Waals surface area (Å²) < 4.78 is 64.8. The standard InChI is InChI=1S/C9H6ClF5O/c1-4-2-5(9(13,14)15)6(10)3-7(4)16-8(11)12/h2-3,8H,1H3. The van der Waals surface area contributed by atoms with E-state index in [9.17, 15) is 22.0 Å². The predicted molar refractivity (Wildman–Crippen MR) is 47.8 cm³/mol. The maximum atomic E-state index is 12.3. The number of halogens is 6. The van der Waals surface area contributed by atoms with Gasteiger partial charge in [-0.05, 0) is 24.6 Å². The number of ether oxygens (including phenoxy) is 1. The van der Waals surface area contributed by atoms with Crippen molar-refractivity contribution >= 4 is 11.6 Å². The molecule has 90 valence electrons. The van der Waals surface area contributed by atoms with Crippen molar-refractivity contribution in [2.24, 2.45) is 0 Å². The van der Waals surface area contributed by atoms with Crippen LogP contribution in [0.25, 0.3) is 0 Å². The molecule has 0 spiro atoms. The van der Waals surface area contributed by atoms with Crippen LogP contribution < -0.4 is 4.74 Å². The van der Waals surface area contributed by atoms with E-state index in [1.165, 1.54) is 6.92 Å². The minimum atomic E-state index is -4.62. The Kier molecular flexibility index (Phi) is 3.62. The lowest BCUT2D eigenvalue weighted by Gasteiger charge is -2.13. The van der Waals surface area contributed by atoms with E-state index in [0.717, 1.165) is 6.07 Å². The van der Waals surface area contributed by atoms with E-state index < -0.39 is 23.4 Å². The number of benzene rings is 1. The van der Waals surface area contributed by atoms with Gasteiger partial charge in [0, 0.05) is 0 Å². The first kappa shape index (κ1) is 13.0. The summed E-state index contributed by atoms with van der Waals surface area (Å²) in [5.41, 5.74) is -1.13. The quantitative estimate of drug-likeness (QED) is 0.722. The molecule has 16 heavy (non-hydrogen) atoms. The molecule has 1 aromatic rings. The Morgan fingerprint density at radius 2 is 1.81 bits per heavy atom. The molecule has 0 bridgehead atoms. The first-order valence-corrected chi connectivity index (χ1v) is 4.41. The van der Waals surface area contributed by atoms with Crippen molar-refractivity contribution in [3.05, 3.63) is 28.3 Å². The number of aryl methyl sites for hydroxylation is 1. The largest absolute Gasteiger partial charge is 0.435 e. The third-order valence-electron chi connectivity index (χ3n) is 1.79. The van der Waals surface area contributed by atoms with E-state index in [1.807, 2.05) is 0 Å². The summed E-state index contributed by atoms with van der Waals surface area (Å²) in [6.07, 6.45) is -4.62. The van der Waals surface area contributed by atoms with E-state index in [2.05, 4.69) is 4.74 Å². The minimum Gasteiger partial charge on any atom is -0.435 e. The highest BCUT2D eigenvalue weighted by Gasteiger charge is 2.34. The monoisotopic (exact) mass is 260 g/mol. The van der Waals surface area contributed by atoms with Crippen LogP contribution in [-0.4, -0.2) is 6.61 Å². The van der Waals surface area contributed by atoms with Gasteiger partial charge < -0.3 is 4.74 Å². The van der Waals surface area contributed by atoms with Crippen LogP contribution in [0.3, 0.4) is 0 Å². The van der Waals surface area contributed by atoms with E-state index in [0.29, 0.717) is 6.07 Å². The summed E-state index contributed by atoms with van der Waals surface area (Å²) in [6, 6.07) is 1.39. The van der Waals surface area contributed by atoms with Crippen molar-refractivity contribution in [2.75, 3.05) is 0 Å². The van der Waals surface area contributed by atoms with Crippen molar-refractivity contribution < 1.29 is 26.7 Å². The first-order chi connectivity index (χ1) is 7.21. The molecule has 0 saturated carbocycles. The smallest absolute Gasteiger partial charge is 0.417 e. The lowest BCUT2D eigenvalue weighted by molar-refractivity contribution is -0.137. The van der Waals surface area contributed by atoms with E-state index >= 15 is 0 Å². The molecule has 1 nitrogen and oxygen atoms in total. The van der Waals surface area contributed by atoms with Gasteiger partial charge in [0.2, 0.25) is 0 Å². The van der Waals surface area contributed by atoms with Gasteiger partial charge in [0.15, 0.2) is 0 Å². The van der Waals surface area contributed by atoms with Crippen LogP contribution in [0.4, 0.5) is 22.0 Å². The van der Waals surface area contributed by atoms with Crippen LogP contribution >= 0.6 is 11.6 Å². The second-order valence-electron chi connectivity index (χ2n) is 2.97. The van der Waals surface area contributed by atoms with Gasteiger partial charge in [-0.3, -0.25) is 0 Å². The number of rotatable bonds is 2. The molecule has 0 saturated heterocycles. The molecule has 0 fully saturated rings. The van der Waals surface area contributed by atoms with Gasteiger partial charge in [-0.2, -0.15) is 22.0 Å². The fraction of sp³-hybridized carbons (Fsp3) is 0.333.